The summed E-state index contributed by atoms with van der Waals surface area (Å²) in [6, 6.07) is 11.9. The van der Waals surface area contributed by atoms with E-state index >= 15 is 0 Å². The van der Waals surface area contributed by atoms with Gasteiger partial charge in [0.25, 0.3) is 0 Å². The van der Waals surface area contributed by atoms with Gasteiger partial charge in [-0.25, -0.2) is 0 Å². The van der Waals surface area contributed by atoms with Crippen molar-refractivity contribution >= 4 is 22.4 Å². The van der Waals surface area contributed by atoms with Gasteiger partial charge in [-0.15, -0.1) is 0 Å². The van der Waals surface area contributed by atoms with Crippen LogP contribution in [0.1, 0.15) is 27.2 Å². The highest BCUT2D eigenvalue weighted by atomic mass is 35.5. The molecule has 0 amide bonds. The second-order valence-electron chi connectivity index (χ2n) is 5.75. The van der Waals surface area contributed by atoms with Gasteiger partial charge in [0.1, 0.15) is 5.75 Å². The molecule has 0 aliphatic rings. The lowest BCUT2D eigenvalue weighted by atomic mass is 9.93. The van der Waals surface area contributed by atoms with Crippen LogP contribution in [0.2, 0.25) is 5.02 Å². The van der Waals surface area contributed by atoms with E-state index in [-0.39, 0.29) is 0 Å². The van der Waals surface area contributed by atoms with Gasteiger partial charge in [-0.2, -0.15) is 0 Å². The Balaban J connectivity index is 2.21. The standard InChI is InChI=1S/C16H19ClO/c1-16(2,3)10-11-18-15-9-8-14(17)12-6-4-5-7-13(12)15/h4-9H,10-11H2,1-3H3. The molecule has 2 aromatic carbocycles. The van der Waals surface area contributed by atoms with E-state index in [0.717, 1.165) is 34.6 Å². The van der Waals surface area contributed by atoms with Crippen molar-refractivity contribution < 1.29 is 4.74 Å². The SMILES string of the molecule is CC(C)(C)CCOc1ccc(Cl)c2ccccc12. The average molecular weight is 263 g/mol. The number of benzene rings is 2. The lowest BCUT2D eigenvalue weighted by Crippen LogP contribution is -2.11. The zero-order valence-electron chi connectivity index (χ0n) is 11.2. The maximum absolute atomic E-state index is 6.18. The molecule has 0 aromatic heterocycles. The molecule has 0 radical (unpaired) electrons. The Labute approximate surface area is 114 Å². The summed E-state index contributed by atoms with van der Waals surface area (Å²) >= 11 is 6.18. The van der Waals surface area contributed by atoms with Gasteiger partial charge in [-0.1, -0.05) is 56.6 Å². The first-order valence-electron chi connectivity index (χ1n) is 6.27. The zero-order chi connectivity index (χ0) is 13.2. The molecular weight excluding hydrogens is 244 g/mol. The molecule has 0 bridgehead atoms. The molecule has 0 unspecified atom stereocenters. The van der Waals surface area contributed by atoms with Gasteiger partial charge in [-0.3, -0.25) is 0 Å². The van der Waals surface area contributed by atoms with E-state index in [1.807, 2.05) is 36.4 Å². The molecule has 0 aliphatic heterocycles. The van der Waals surface area contributed by atoms with E-state index in [1.165, 1.54) is 0 Å². The first-order chi connectivity index (χ1) is 8.47. The summed E-state index contributed by atoms with van der Waals surface area (Å²) in [7, 11) is 0. The van der Waals surface area contributed by atoms with E-state index < -0.39 is 0 Å². The summed E-state index contributed by atoms with van der Waals surface area (Å²) in [4.78, 5) is 0. The molecule has 0 N–H and O–H groups in total. The smallest absolute Gasteiger partial charge is 0.127 e. The number of fused-ring (bicyclic) bond motifs is 1. The van der Waals surface area contributed by atoms with Crippen LogP contribution in [0.5, 0.6) is 5.75 Å². The number of hydrogen-bond acceptors (Lipinski definition) is 1. The Morgan fingerprint density at radius 1 is 1.00 bits per heavy atom. The Morgan fingerprint density at radius 3 is 2.33 bits per heavy atom. The fourth-order valence-corrected chi connectivity index (χ4v) is 2.06. The highest BCUT2D eigenvalue weighted by Gasteiger charge is 2.11. The highest BCUT2D eigenvalue weighted by molar-refractivity contribution is 6.35. The molecule has 2 aromatic rings. The zero-order valence-corrected chi connectivity index (χ0v) is 11.9. The monoisotopic (exact) mass is 262 g/mol. The van der Waals surface area contributed by atoms with Crippen molar-refractivity contribution in [1.82, 2.24) is 0 Å². The second-order valence-corrected chi connectivity index (χ2v) is 6.16. The summed E-state index contributed by atoms with van der Waals surface area (Å²) in [5, 5.41) is 2.90. The predicted octanol–water partition coefficient (Wildman–Crippen LogP) is 5.31. The Kier molecular flexibility index (Phi) is 3.82. The van der Waals surface area contributed by atoms with Crippen LogP contribution in [0.15, 0.2) is 36.4 Å². The van der Waals surface area contributed by atoms with Gasteiger partial charge in [0.2, 0.25) is 0 Å². The van der Waals surface area contributed by atoms with Crippen LogP contribution in [-0.2, 0) is 0 Å². The van der Waals surface area contributed by atoms with E-state index in [9.17, 15) is 0 Å². The van der Waals surface area contributed by atoms with Gasteiger partial charge in [0, 0.05) is 15.8 Å². The third-order valence-electron chi connectivity index (χ3n) is 2.94. The third-order valence-corrected chi connectivity index (χ3v) is 3.27. The van der Waals surface area contributed by atoms with Crippen LogP contribution >= 0.6 is 11.6 Å². The Morgan fingerprint density at radius 2 is 1.67 bits per heavy atom. The minimum Gasteiger partial charge on any atom is -0.493 e. The van der Waals surface area contributed by atoms with Crippen LogP contribution < -0.4 is 4.74 Å². The Hall–Kier alpha value is -1.21. The molecule has 0 saturated carbocycles. The van der Waals surface area contributed by atoms with Crippen LogP contribution in [0.25, 0.3) is 10.8 Å². The first-order valence-corrected chi connectivity index (χ1v) is 6.65. The molecule has 0 heterocycles. The number of ether oxygens (including phenoxy) is 1. The van der Waals surface area contributed by atoms with E-state index in [4.69, 9.17) is 16.3 Å². The fourth-order valence-electron chi connectivity index (χ4n) is 1.83. The minimum absolute atomic E-state index is 0.294. The van der Waals surface area contributed by atoms with Crippen molar-refractivity contribution in [3.05, 3.63) is 41.4 Å². The highest BCUT2D eigenvalue weighted by Crippen LogP contribution is 2.31. The number of hydrogen-bond donors (Lipinski definition) is 0. The van der Waals surface area contributed by atoms with Crippen molar-refractivity contribution in [2.75, 3.05) is 6.61 Å². The lowest BCUT2D eigenvalue weighted by molar-refractivity contribution is 0.245. The van der Waals surface area contributed by atoms with E-state index in [1.54, 1.807) is 0 Å². The summed E-state index contributed by atoms with van der Waals surface area (Å²) in [6.45, 7) is 7.39. The van der Waals surface area contributed by atoms with Crippen LogP contribution in [-0.4, -0.2) is 6.61 Å². The fraction of sp³-hybridized carbons (Fsp3) is 0.375. The third kappa shape index (κ3) is 3.17. The van der Waals surface area contributed by atoms with Gasteiger partial charge >= 0.3 is 0 Å². The second kappa shape index (κ2) is 5.19. The van der Waals surface area contributed by atoms with Crippen molar-refractivity contribution in [2.45, 2.75) is 27.2 Å². The Bertz CT molecular complexity index is 540. The van der Waals surface area contributed by atoms with E-state index in [2.05, 4.69) is 20.8 Å². The summed E-state index contributed by atoms with van der Waals surface area (Å²) in [5.74, 6) is 0.916. The topological polar surface area (TPSA) is 9.23 Å². The molecule has 0 spiro atoms. The van der Waals surface area contributed by atoms with Crippen molar-refractivity contribution in [3.63, 3.8) is 0 Å². The minimum atomic E-state index is 0.294. The molecule has 18 heavy (non-hydrogen) atoms. The molecule has 0 saturated heterocycles. The molecule has 2 heteroatoms. The maximum atomic E-state index is 6.18. The molecule has 0 atom stereocenters. The van der Waals surface area contributed by atoms with Crippen LogP contribution in [0.4, 0.5) is 0 Å². The normalized spacial score (nSPS) is 11.8. The van der Waals surface area contributed by atoms with Crippen LogP contribution in [0.3, 0.4) is 0 Å². The largest absolute Gasteiger partial charge is 0.493 e. The summed E-state index contributed by atoms with van der Waals surface area (Å²) in [5.41, 5.74) is 0.294. The molecule has 96 valence electrons. The van der Waals surface area contributed by atoms with Crippen molar-refractivity contribution in [1.29, 1.82) is 0 Å². The first kappa shape index (κ1) is 13.2. The molecule has 1 nitrogen and oxygen atoms in total. The van der Waals surface area contributed by atoms with E-state index in [0.29, 0.717) is 5.41 Å². The van der Waals surface area contributed by atoms with Crippen LogP contribution in [0, 0.1) is 5.41 Å². The molecule has 2 rings (SSSR count). The average Bonchev–Trinajstić information content (AvgIpc) is 2.31. The predicted molar refractivity (Wildman–Crippen MR) is 78.5 cm³/mol. The van der Waals surface area contributed by atoms with Crippen molar-refractivity contribution in [2.24, 2.45) is 5.41 Å². The molecule has 0 fully saturated rings. The summed E-state index contributed by atoms with van der Waals surface area (Å²) < 4.78 is 5.89. The number of halogens is 1. The van der Waals surface area contributed by atoms with Gasteiger partial charge in [-0.05, 0) is 24.0 Å². The quantitative estimate of drug-likeness (QED) is 0.729. The van der Waals surface area contributed by atoms with Gasteiger partial charge in [0.15, 0.2) is 0 Å². The number of rotatable bonds is 3. The molecule has 0 aliphatic carbocycles. The van der Waals surface area contributed by atoms with Gasteiger partial charge < -0.3 is 4.74 Å². The van der Waals surface area contributed by atoms with Gasteiger partial charge in [0.05, 0.1) is 6.61 Å². The summed E-state index contributed by atoms with van der Waals surface area (Å²) in [6.07, 6.45) is 1.03. The maximum Gasteiger partial charge on any atom is 0.127 e. The molecular formula is C16H19ClO. The lowest BCUT2D eigenvalue weighted by Gasteiger charge is -2.18. The van der Waals surface area contributed by atoms with Crippen molar-refractivity contribution in [3.8, 4) is 5.75 Å².